The molecule has 26 heavy (non-hydrogen) atoms. The van der Waals surface area contributed by atoms with Gasteiger partial charge in [0.25, 0.3) is 0 Å². The number of nitrogens with zero attached hydrogens (tertiary/aromatic N) is 2. The monoisotopic (exact) mass is 387 g/mol. The van der Waals surface area contributed by atoms with Crippen LogP contribution in [0.1, 0.15) is 25.7 Å². The van der Waals surface area contributed by atoms with Gasteiger partial charge in [0.1, 0.15) is 5.70 Å². The minimum Gasteiger partial charge on any atom is -0.477 e. The molecule has 9 heteroatoms. The van der Waals surface area contributed by atoms with Crippen LogP contribution in [0.3, 0.4) is 0 Å². The van der Waals surface area contributed by atoms with Gasteiger partial charge in [-0.05, 0) is 13.3 Å². The third kappa shape index (κ3) is 2.91. The molecule has 2 saturated heterocycles. The van der Waals surface area contributed by atoms with Crippen molar-refractivity contribution >= 4 is 29.5 Å². The highest BCUT2D eigenvalue weighted by Gasteiger charge is 2.60. The zero-order chi connectivity index (χ0) is 22.8. The molecular formula is C17H25N3O5S. The molecule has 0 saturated carbocycles. The number of thioether (sulfide) groups is 1. The maximum absolute atomic E-state index is 12.6. The van der Waals surface area contributed by atoms with Crippen LogP contribution in [-0.4, -0.2) is 81.9 Å². The largest absolute Gasteiger partial charge is 0.477 e. The Labute approximate surface area is 162 Å². The van der Waals surface area contributed by atoms with E-state index in [1.165, 1.54) is 16.7 Å². The first kappa shape index (κ1) is 14.5. The molecule has 2 fully saturated rings. The number of fused-ring (bicyclic) bond motifs is 1. The van der Waals surface area contributed by atoms with Gasteiger partial charge in [0, 0.05) is 40.8 Å². The van der Waals surface area contributed by atoms with Crippen LogP contribution in [0, 0.1) is 11.8 Å². The van der Waals surface area contributed by atoms with Gasteiger partial charge in [0.15, 0.2) is 0 Å². The number of amides is 2. The average Bonchev–Trinajstić information content (AvgIpc) is 3.16. The van der Waals surface area contributed by atoms with Crippen LogP contribution in [0.5, 0.6) is 0 Å². The summed E-state index contributed by atoms with van der Waals surface area (Å²) in [6.07, 6.45) is -2.54. The number of carboxylic acid groups (broad SMARTS) is 1. The lowest BCUT2D eigenvalue weighted by atomic mass is 9.79. The smallest absolute Gasteiger partial charge is 0.353 e. The summed E-state index contributed by atoms with van der Waals surface area (Å²) < 4.78 is 30.2. The van der Waals surface area contributed by atoms with E-state index < -0.39 is 42.7 Å². The first-order chi connectivity index (χ1) is 13.7. The normalized spacial score (nSPS) is 38.5. The van der Waals surface area contributed by atoms with Crippen LogP contribution in [0.2, 0.25) is 0 Å². The summed E-state index contributed by atoms with van der Waals surface area (Å²) >= 11 is 1.25. The first-order valence-electron chi connectivity index (χ1n) is 10.3. The molecule has 144 valence electrons. The van der Waals surface area contributed by atoms with E-state index in [2.05, 4.69) is 5.32 Å². The van der Waals surface area contributed by atoms with Gasteiger partial charge in [0.05, 0.1) is 25.5 Å². The molecule has 8 nitrogen and oxygen atoms in total. The van der Waals surface area contributed by atoms with Crippen molar-refractivity contribution in [2.24, 2.45) is 11.8 Å². The fourth-order valence-corrected chi connectivity index (χ4v) is 5.37. The summed E-state index contributed by atoms with van der Waals surface area (Å²) in [7, 11) is 3.30. The Morgan fingerprint density at radius 1 is 1.50 bits per heavy atom. The molecule has 2 amide bonds. The number of aliphatic hydroxyl groups is 1. The van der Waals surface area contributed by atoms with Gasteiger partial charge in [-0.3, -0.25) is 9.59 Å². The van der Waals surface area contributed by atoms with E-state index in [1.54, 1.807) is 21.0 Å². The lowest BCUT2D eigenvalue weighted by molar-refractivity contribution is -0.163. The molecule has 0 unspecified atom stereocenters. The van der Waals surface area contributed by atoms with Crippen molar-refractivity contribution in [2.75, 3.05) is 20.6 Å². The zero-order valence-corrected chi connectivity index (χ0v) is 15.5. The first-order valence-corrected chi connectivity index (χ1v) is 9.22. The highest BCUT2D eigenvalue weighted by Crippen LogP contribution is 2.51. The number of likely N-dealkylation sites (N-methyl/N-ethyl adjacent to an activating group) is 1. The van der Waals surface area contributed by atoms with Crippen molar-refractivity contribution in [1.82, 2.24) is 15.1 Å². The number of rotatable bonds is 5. The molecule has 0 aromatic heterocycles. The Balaban J connectivity index is 1.84. The van der Waals surface area contributed by atoms with E-state index in [0.717, 1.165) is 4.90 Å². The number of aliphatic carboxylic acids is 1. The lowest BCUT2D eigenvalue weighted by Crippen LogP contribution is -2.63. The molecule has 3 rings (SSSR count). The average molecular weight is 387 g/mol. The number of β-lactam (4-membered cyclic amide) rings is 1. The highest BCUT2D eigenvalue weighted by molar-refractivity contribution is 8.03. The van der Waals surface area contributed by atoms with E-state index in [1.807, 2.05) is 0 Å². The summed E-state index contributed by atoms with van der Waals surface area (Å²) in [5, 5.41) is 23.0. The molecule has 3 aliphatic rings. The Morgan fingerprint density at radius 3 is 2.77 bits per heavy atom. The third-order valence-corrected chi connectivity index (χ3v) is 6.67. The number of hydrogen-bond donors (Lipinski definition) is 3. The summed E-state index contributed by atoms with van der Waals surface area (Å²) in [6.45, 7) is -0.985. The SMILES string of the molecule is [2H]C([2H])([2H])[C@]([2H])(O)[C@H]1C(=O)N2C(C(=O)O)=C(S[C@@H]3CN[C@H](C(=O)N(C)C)C3)[C@H](C)[C@H]12. The Hall–Kier alpha value is -1.58. The van der Waals surface area contributed by atoms with Crippen molar-refractivity contribution < 1.29 is 30.1 Å². The maximum atomic E-state index is 12.6. The topological polar surface area (TPSA) is 110 Å². The second-order valence-electron chi connectivity index (χ2n) is 7.04. The summed E-state index contributed by atoms with van der Waals surface area (Å²) in [5.41, 5.74) is -0.234. The molecule has 6 atom stereocenters. The molecule has 0 aliphatic carbocycles. The summed E-state index contributed by atoms with van der Waals surface area (Å²) in [5.74, 6) is -4.39. The maximum Gasteiger partial charge on any atom is 0.353 e. The second-order valence-corrected chi connectivity index (χ2v) is 8.38. The van der Waals surface area contributed by atoms with Crippen LogP contribution in [-0.2, 0) is 14.4 Å². The third-order valence-electron chi connectivity index (χ3n) is 5.16. The molecule has 0 radical (unpaired) electrons. The summed E-state index contributed by atoms with van der Waals surface area (Å²) in [6, 6.07) is -1.30. The van der Waals surface area contributed by atoms with Crippen molar-refractivity contribution in [1.29, 1.82) is 0 Å². The quantitative estimate of drug-likeness (QED) is 0.555. The Kier molecular flexibility index (Phi) is 3.82. The number of hydrogen-bond acceptors (Lipinski definition) is 6. The Morgan fingerprint density at radius 2 is 2.19 bits per heavy atom. The van der Waals surface area contributed by atoms with Gasteiger partial charge >= 0.3 is 5.97 Å². The van der Waals surface area contributed by atoms with Gasteiger partial charge in [0.2, 0.25) is 11.8 Å². The highest BCUT2D eigenvalue weighted by atomic mass is 32.2. The summed E-state index contributed by atoms with van der Waals surface area (Å²) in [4.78, 5) is 39.6. The van der Waals surface area contributed by atoms with Crippen LogP contribution in [0.25, 0.3) is 0 Å². The molecule has 0 bridgehead atoms. The molecule has 0 aromatic rings. The van der Waals surface area contributed by atoms with Crippen molar-refractivity contribution in [2.45, 2.75) is 43.6 Å². The van der Waals surface area contributed by atoms with E-state index in [0.29, 0.717) is 17.9 Å². The zero-order valence-electron chi connectivity index (χ0n) is 18.7. The molecule has 3 aliphatic heterocycles. The second kappa shape index (κ2) is 6.86. The molecule has 3 heterocycles. The van der Waals surface area contributed by atoms with Gasteiger partial charge in [-0.25, -0.2) is 4.79 Å². The number of nitrogens with one attached hydrogen (secondary N) is 1. The van der Waals surface area contributed by atoms with Crippen LogP contribution in [0.15, 0.2) is 10.6 Å². The standard InChI is InChI=1S/C17H25N3O5S/c1-7-12-11(8(2)21)16(23)20(12)13(17(24)25)14(7)26-9-5-10(18-6-9)15(22)19(3)4/h7-12,18,21H,5-6H2,1-4H3,(H,24,25)/t7-,8+,9+,10+,11-,12-/m1/s1/i2D3,8D. The predicted octanol–water partition coefficient (Wildman–Crippen LogP) is -0.308. The van der Waals surface area contributed by atoms with Crippen molar-refractivity contribution in [3.8, 4) is 0 Å². The lowest BCUT2D eigenvalue weighted by Gasteiger charge is -2.46. The van der Waals surface area contributed by atoms with Crippen molar-refractivity contribution in [3.63, 3.8) is 0 Å². The Bertz CT molecular complexity index is 816. The van der Waals surface area contributed by atoms with Crippen LogP contribution in [0.4, 0.5) is 0 Å². The van der Waals surface area contributed by atoms with Gasteiger partial charge in [-0.15, -0.1) is 11.8 Å². The number of carboxylic acids is 1. The molecular weight excluding hydrogens is 358 g/mol. The minimum absolute atomic E-state index is 0.0824. The number of carbonyl (C=O) groups is 3. The molecule has 3 N–H and O–H groups in total. The van der Waals surface area contributed by atoms with Crippen LogP contribution < -0.4 is 5.32 Å². The van der Waals surface area contributed by atoms with Gasteiger partial charge in [-0.1, -0.05) is 6.92 Å². The number of carbonyl (C=O) groups excluding carboxylic acids is 2. The van der Waals surface area contributed by atoms with Gasteiger partial charge in [-0.2, -0.15) is 0 Å². The van der Waals surface area contributed by atoms with Gasteiger partial charge < -0.3 is 25.3 Å². The molecule has 0 spiro atoms. The van der Waals surface area contributed by atoms with E-state index >= 15 is 0 Å². The van der Waals surface area contributed by atoms with Crippen molar-refractivity contribution in [3.05, 3.63) is 10.6 Å². The fraction of sp³-hybridized carbons (Fsp3) is 0.706. The van der Waals surface area contributed by atoms with Crippen LogP contribution >= 0.6 is 11.8 Å². The van der Waals surface area contributed by atoms with E-state index in [9.17, 15) is 24.6 Å². The minimum atomic E-state index is -3.12. The van der Waals surface area contributed by atoms with E-state index in [4.69, 9.17) is 5.48 Å². The fourth-order valence-electron chi connectivity index (χ4n) is 3.89. The van der Waals surface area contributed by atoms with E-state index in [-0.39, 0.29) is 22.9 Å². The molecule has 0 aromatic carbocycles. The predicted molar refractivity (Wildman–Crippen MR) is 96.1 cm³/mol.